The summed E-state index contributed by atoms with van der Waals surface area (Å²) in [4.78, 5) is 26.5. The van der Waals surface area contributed by atoms with Crippen LogP contribution in [0.5, 0.6) is 0 Å². The highest BCUT2D eigenvalue weighted by Gasteiger charge is 2.31. The number of aromatic nitrogens is 4. The summed E-state index contributed by atoms with van der Waals surface area (Å²) in [7, 11) is 3.69. The maximum atomic E-state index is 12.6. The minimum absolute atomic E-state index is 0.213. The van der Waals surface area contributed by atoms with Gasteiger partial charge in [0.25, 0.3) is 0 Å². The molecule has 1 aliphatic heterocycles. The van der Waals surface area contributed by atoms with Crippen LogP contribution in [0.15, 0.2) is 29.1 Å². The second-order valence-corrected chi connectivity index (χ2v) is 8.62. The molecule has 0 bridgehead atoms. The third-order valence-electron chi connectivity index (χ3n) is 6.32. The van der Waals surface area contributed by atoms with Gasteiger partial charge in [-0.2, -0.15) is 4.98 Å². The Morgan fingerprint density at radius 2 is 1.83 bits per heavy atom. The van der Waals surface area contributed by atoms with Crippen LogP contribution in [0.4, 0.5) is 5.82 Å². The number of hydrogen-bond acceptors (Lipinski definition) is 5. The molecule has 7 nitrogen and oxygen atoms in total. The normalized spacial score (nSPS) is 18.9. The summed E-state index contributed by atoms with van der Waals surface area (Å²) in [5.41, 5.74) is 2.64. The topological polar surface area (TPSA) is 59.2 Å². The molecule has 0 spiro atoms. The fourth-order valence-corrected chi connectivity index (χ4v) is 4.74. The Labute approximate surface area is 181 Å². The smallest absolute Gasteiger partial charge is 0.349 e. The Hall–Kier alpha value is -2.38. The molecule has 1 aliphatic rings. The highest BCUT2D eigenvalue weighted by Crippen LogP contribution is 2.31. The summed E-state index contributed by atoms with van der Waals surface area (Å²) in [5.74, 6) is 1.57. The van der Waals surface area contributed by atoms with Crippen LogP contribution in [-0.2, 0) is 14.1 Å². The zero-order valence-corrected chi connectivity index (χ0v) is 19.0. The van der Waals surface area contributed by atoms with Crippen molar-refractivity contribution in [3.8, 4) is 0 Å². The first-order valence-electron chi connectivity index (χ1n) is 10.5. The number of anilines is 1. The van der Waals surface area contributed by atoms with Crippen LogP contribution in [0.2, 0.25) is 5.02 Å². The van der Waals surface area contributed by atoms with Gasteiger partial charge in [-0.15, -0.1) is 0 Å². The van der Waals surface area contributed by atoms with E-state index < -0.39 is 0 Å². The third-order valence-corrected chi connectivity index (χ3v) is 6.57. The molecule has 0 N–H and O–H groups in total. The number of hydrogen-bond donors (Lipinski definition) is 0. The van der Waals surface area contributed by atoms with Crippen LogP contribution in [0, 0.1) is 6.92 Å². The van der Waals surface area contributed by atoms with Crippen LogP contribution in [0.3, 0.4) is 0 Å². The summed E-state index contributed by atoms with van der Waals surface area (Å²) in [6, 6.07) is 8.73. The van der Waals surface area contributed by atoms with Crippen molar-refractivity contribution in [1.82, 2.24) is 24.0 Å². The van der Waals surface area contributed by atoms with Crippen LogP contribution < -0.4 is 10.6 Å². The van der Waals surface area contributed by atoms with E-state index in [0.29, 0.717) is 11.9 Å². The van der Waals surface area contributed by atoms with Crippen molar-refractivity contribution in [2.75, 3.05) is 24.5 Å². The molecule has 2 aromatic heterocycles. The van der Waals surface area contributed by atoms with Gasteiger partial charge >= 0.3 is 5.69 Å². The minimum Gasteiger partial charge on any atom is -0.349 e. The zero-order valence-electron chi connectivity index (χ0n) is 18.3. The van der Waals surface area contributed by atoms with Crippen molar-refractivity contribution in [2.45, 2.75) is 39.3 Å². The monoisotopic (exact) mass is 428 g/mol. The fourth-order valence-electron chi connectivity index (χ4n) is 4.62. The summed E-state index contributed by atoms with van der Waals surface area (Å²) in [6.07, 6.45) is 1.03. The molecule has 0 saturated carbocycles. The van der Waals surface area contributed by atoms with E-state index in [-0.39, 0.29) is 11.7 Å². The number of fused-ring (bicyclic) bond motifs is 1. The van der Waals surface area contributed by atoms with Crippen molar-refractivity contribution >= 4 is 28.6 Å². The van der Waals surface area contributed by atoms with Crippen molar-refractivity contribution < 1.29 is 0 Å². The first-order chi connectivity index (χ1) is 14.3. The fraction of sp³-hybridized carbons (Fsp3) is 0.500. The Kier molecular flexibility index (Phi) is 5.59. The lowest BCUT2D eigenvalue weighted by Crippen LogP contribution is -2.53. The number of imidazole rings is 1. The van der Waals surface area contributed by atoms with E-state index >= 15 is 0 Å². The molecule has 3 aromatic rings. The van der Waals surface area contributed by atoms with Crippen molar-refractivity contribution in [3.05, 3.63) is 51.2 Å². The van der Waals surface area contributed by atoms with Crippen molar-refractivity contribution in [1.29, 1.82) is 0 Å². The Morgan fingerprint density at radius 3 is 2.47 bits per heavy atom. The molecule has 30 heavy (non-hydrogen) atoms. The van der Waals surface area contributed by atoms with Gasteiger partial charge in [-0.3, -0.25) is 9.47 Å². The van der Waals surface area contributed by atoms with E-state index in [1.807, 2.05) is 30.7 Å². The van der Waals surface area contributed by atoms with Gasteiger partial charge in [0.1, 0.15) is 17.0 Å². The summed E-state index contributed by atoms with van der Waals surface area (Å²) in [6.45, 7) is 8.96. The van der Waals surface area contributed by atoms with Crippen molar-refractivity contribution in [2.24, 2.45) is 14.1 Å². The molecule has 2 unspecified atom stereocenters. The van der Waals surface area contributed by atoms with Crippen LogP contribution in [-0.4, -0.2) is 49.7 Å². The number of nitrogens with zero attached hydrogens (tertiary/aromatic N) is 6. The minimum atomic E-state index is -0.247. The average molecular weight is 429 g/mol. The molecule has 0 amide bonds. The average Bonchev–Trinajstić information content (AvgIpc) is 3.02. The Balaban J connectivity index is 1.64. The molecule has 1 saturated heterocycles. The number of aryl methyl sites for hydroxylation is 3. The Bertz CT molecular complexity index is 1120. The van der Waals surface area contributed by atoms with Gasteiger partial charge < -0.3 is 9.47 Å². The van der Waals surface area contributed by atoms with E-state index in [1.165, 1.54) is 5.56 Å². The molecule has 0 aliphatic carbocycles. The molecule has 160 valence electrons. The highest BCUT2D eigenvalue weighted by atomic mass is 35.5. The number of piperazine rings is 1. The van der Waals surface area contributed by atoms with Gasteiger partial charge in [0.2, 0.25) is 0 Å². The molecular formula is C22H29ClN6O. The van der Waals surface area contributed by atoms with E-state index in [4.69, 9.17) is 16.6 Å². The summed E-state index contributed by atoms with van der Waals surface area (Å²) < 4.78 is 3.53. The largest absolute Gasteiger partial charge is 0.350 e. The maximum Gasteiger partial charge on any atom is 0.350 e. The molecule has 1 fully saturated rings. The highest BCUT2D eigenvalue weighted by molar-refractivity contribution is 6.30. The van der Waals surface area contributed by atoms with Crippen LogP contribution >= 0.6 is 11.6 Å². The van der Waals surface area contributed by atoms with Gasteiger partial charge in [0, 0.05) is 50.8 Å². The first kappa shape index (κ1) is 20.9. The number of benzene rings is 1. The van der Waals surface area contributed by atoms with Gasteiger partial charge in [-0.05, 0) is 38.0 Å². The van der Waals surface area contributed by atoms with Gasteiger partial charge in [-0.1, -0.05) is 30.7 Å². The quantitative estimate of drug-likeness (QED) is 0.638. The molecule has 2 atom stereocenters. The second kappa shape index (κ2) is 8.04. The van der Waals surface area contributed by atoms with Crippen LogP contribution in [0.25, 0.3) is 11.2 Å². The van der Waals surface area contributed by atoms with Gasteiger partial charge in [-0.25, -0.2) is 9.78 Å². The molecule has 4 rings (SSSR count). The first-order valence-corrected chi connectivity index (χ1v) is 10.9. The van der Waals surface area contributed by atoms with E-state index in [0.717, 1.165) is 48.1 Å². The van der Waals surface area contributed by atoms with Gasteiger partial charge in [0.15, 0.2) is 5.82 Å². The van der Waals surface area contributed by atoms with E-state index in [2.05, 4.69) is 40.8 Å². The predicted molar refractivity (Wildman–Crippen MR) is 121 cm³/mol. The molecule has 3 heterocycles. The molecule has 0 radical (unpaired) electrons. The van der Waals surface area contributed by atoms with Crippen LogP contribution in [0.1, 0.15) is 37.7 Å². The molecular weight excluding hydrogens is 400 g/mol. The predicted octanol–water partition coefficient (Wildman–Crippen LogP) is 3.29. The number of halogens is 1. The lowest BCUT2D eigenvalue weighted by molar-refractivity contribution is 0.160. The van der Waals surface area contributed by atoms with Crippen molar-refractivity contribution in [3.63, 3.8) is 0 Å². The lowest BCUT2D eigenvalue weighted by Gasteiger charge is -2.43. The standard InChI is InChI=1S/C22H29ClN6O/c1-6-18(16-7-9-17(23)10-8-16)28-11-12-29(14(2)13-28)20-19-21(26(4)15(3)24-19)27(5)22(30)25-20/h7-10,14,18H,6,11-13H2,1-5H3. The second-order valence-electron chi connectivity index (χ2n) is 8.18. The maximum absolute atomic E-state index is 12.6. The van der Waals surface area contributed by atoms with E-state index in [1.54, 1.807) is 11.6 Å². The molecule has 8 heteroatoms. The SMILES string of the molecule is CCC(c1ccc(Cl)cc1)N1CCN(c2nc(=O)n(C)c3c2nc(C)n3C)C(C)C1. The molecule has 1 aromatic carbocycles. The van der Waals surface area contributed by atoms with Gasteiger partial charge in [0.05, 0.1) is 0 Å². The number of rotatable bonds is 4. The summed E-state index contributed by atoms with van der Waals surface area (Å²) in [5, 5.41) is 0.762. The van der Waals surface area contributed by atoms with E-state index in [9.17, 15) is 4.79 Å². The lowest BCUT2D eigenvalue weighted by atomic mass is 10.0. The summed E-state index contributed by atoms with van der Waals surface area (Å²) >= 11 is 6.08. The zero-order chi connectivity index (χ0) is 21.6. The Morgan fingerprint density at radius 1 is 1.13 bits per heavy atom. The third kappa shape index (κ3) is 3.50.